The van der Waals surface area contributed by atoms with Crippen molar-refractivity contribution in [3.63, 3.8) is 0 Å². The maximum Gasteiger partial charge on any atom is 0.190 e. The van der Waals surface area contributed by atoms with Crippen LogP contribution in [0.5, 0.6) is 0 Å². The number of allylic oxidation sites excluding steroid dienone is 6. The summed E-state index contributed by atoms with van der Waals surface area (Å²) in [6.45, 7) is 0. The van der Waals surface area contributed by atoms with Gasteiger partial charge >= 0.3 is 0 Å². The van der Waals surface area contributed by atoms with E-state index < -0.39 is 99.4 Å². The fraction of sp³-hybridized carbons (Fsp3) is 0. The van der Waals surface area contributed by atoms with E-state index in [9.17, 15) is 59.4 Å². The quantitative estimate of drug-likeness (QED) is 0.174. The van der Waals surface area contributed by atoms with Crippen LogP contribution in [-0.2, 0) is 49.8 Å². The number of carbonyl (C=O) groups is 6. The minimum atomic E-state index is -1.23. The molecule has 3 aliphatic carbocycles. The summed E-state index contributed by atoms with van der Waals surface area (Å²) in [6.07, 6.45) is 0. The first kappa shape index (κ1) is 34.7. The average molecular weight is 717 g/mol. The van der Waals surface area contributed by atoms with Crippen LogP contribution in [0, 0.1) is 0 Å². The molecule has 0 atom stereocenters. The Hall–Kier alpha value is -2.31. The minimum absolute atomic E-state index is 0. The Labute approximate surface area is 248 Å². The zero-order chi connectivity index (χ0) is 28.4. The van der Waals surface area contributed by atoms with E-state index >= 15 is 0 Å². The van der Waals surface area contributed by atoms with Gasteiger partial charge in [-0.2, -0.15) is 0 Å². The van der Waals surface area contributed by atoms with E-state index in [0.717, 1.165) is 0 Å². The van der Waals surface area contributed by atoms with Gasteiger partial charge in [-0.05, 0) is 34.6 Å². The maximum atomic E-state index is 10.7. The van der Waals surface area contributed by atoms with E-state index in [2.05, 4.69) is 0 Å². The van der Waals surface area contributed by atoms with Crippen molar-refractivity contribution in [2.45, 2.75) is 0 Å². The molecule has 0 spiro atoms. The Morgan fingerprint density at radius 3 is 0.459 bits per heavy atom. The topological polar surface area (TPSA) is 241 Å². The van der Waals surface area contributed by atoms with Gasteiger partial charge in [-0.1, -0.05) is 69.6 Å². The van der Waals surface area contributed by atoms with Crippen molar-refractivity contribution in [1.82, 2.24) is 0 Å². The number of carbonyl (C=O) groups excluding carboxylic acids is 6. The van der Waals surface area contributed by atoms with Crippen molar-refractivity contribution in [2.75, 3.05) is 0 Å². The Morgan fingerprint density at radius 1 is 0.297 bits per heavy atom. The third-order valence-corrected chi connectivity index (χ3v) is 5.69. The molecule has 12 nitrogen and oxygen atoms in total. The summed E-state index contributed by atoms with van der Waals surface area (Å²) in [5.41, 5.74) is 0. The first-order valence-corrected chi connectivity index (χ1v) is 10.4. The molecule has 37 heavy (non-hydrogen) atoms. The third kappa shape index (κ3) is 6.97. The number of ketones is 6. The van der Waals surface area contributed by atoms with E-state index in [1.165, 1.54) is 0 Å². The van der Waals surface area contributed by atoms with Crippen molar-refractivity contribution in [2.24, 2.45) is 0 Å². The molecule has 0 saturated carbocycles. The molecule has 0 saturated heterocycles. The summed E-state index contributed by atoms with van der Waals surface area (Å²) in [6, 6.07) is 0. The molecule has 198 valence electrons. The number of hydrogen-bond donors (Lipinski definition) is 0. The van der Waals surface area contributed by atoms with Crippen molar-refractivity contribution in [3.05, 3.63) is 64.7 Å². The van der Waals surface area contributed by atoms with Gasteiger partial charge in [0, 0.05) is 21.1 Å². The van der Waals surface area contributed by atoms with Gasteiger partial charge in [-0.3, -0.25) is 28.8 Å². The van der Waals surface area contributed by atoms with E-state index in [1.54, 1.807) is 0 Å². The SMILES string of the molecule is O=C1C([O-])=C(Cl)C(=O)C([O-])=C1Cl.O=C1C([O-])=C(Cl)C(=O)C([O-])=C1Cl.O=C1C([O-])=C(Cl)C(=O)C([O-])=C1Cl.[Mo]. The molecule has 3 aliphatic rings. The van der Waals surface area contributed by atoms with Crippen LogP contribution in [0.15, 0.2) is 64.7 Å². The molecule has 0 radical (unpaired) electrons. The second-order valence-corrected chi connectivity index (χ2v) is 8.10. The van der Waals surface area contributed by atoms with Gasteiger partial charge in [0.05, 0.1) is 30.2 Å². The van der Waals surface area contributed by atoms with Crippen LogP contribution in [0.1, 0.15) is 0 Å². The molecule has 3 rings (SSSR count). The van der Waals surface area contributed by atoms with Gasteiger partial charge in [0.15, 0.2) is 34.7 Å². The maximum absolute atomic E-state index is 10.7. The molecule has 0 heterocycles. The fourth-order valence-electron chi connectivity index (χ4n) is 1.81. The number of Topliss-reactive ketones (excluding diaryl/α,β-unsaturated/α-hetero) is 6. The smallest absolute Gasteiger partial charge is 0.190 e. The van der Waals surface area contributed by atoms with Crippen molar-refractivity contribution in [1.29, 1.82) is 0 Å². The molecule has 0 unspecified atom stereocenters. The monoisotopic (exact) mass is 716 g/mol. The zero-order valence-corrected chi connectivity index (χ0v) is 23.1. The second kappa shape index (κ2) is 13.5. The molecular weight excluding hydrogens is 717 g/mol. The van der Waals surface area contributed by atoms with E-state index in [4.69, 9.17) is 69.6 Å². The molecule has 0 aliphatic heterocycles. The zero-order valence-electron chi connectivity index (χ0n) is 16.6. The first-order chi connectivity index (χ1) is 16.4. The summed E-state index contributed by atoms with van der Waals surface area (Å²) in [5.74, 6) is -14.8. The predicted molar refractivity (Wildman–Crippen MR) is 107 cm³/mol. The summed E-state index contributed by atoms with van der Waals surface area (Å²) in [4.78, 5) is 64.2. The van der Waals surface area contributed by atoms with Gasteiger partial charge in [0.2, 0.25) is 0 Å². The Kier molecular flexibility index (Phi) is 12.6. The molecule has 0 aromatic carbocycles. The number of halogens is 6. The van der Waals surface area contributed by atoms with Gasteiger partial charge in [0.25, 0.3) is 0 Å². The van der Waals surface area contributed by atoms with Crippen LogP contribution in [-0.4, -0.2) is 34.7 Å². The molecule has 0 aromatic rings. The fourth-order valence-corrected chi connectivity index (χ4v) is 2.84. The largest absolute Gasteiger partial charge is 0.869 e. The number of rotatable bonds is 0. The van der Waals surface area contributed by atoms with Crippen LogP contribution >= 0.6 is 69.6 Å². The number of hydrogen-bond acceptors (Lipinski definition) is 12. The Bertz CT molecular complexity index is 1000. The normalized spacial score (nSPS) is 18.6. The molecular formula is C18Cl6MoO12-6. The second-order valence-electron chi connectivity index (χ2n) is 5.83. The van der Waals surface area contributed by atoms with Crippen LogP contribution in [0.4, 0.5) is 0 Å². The summed E-state index contributed by atoms with van der Waals surface area (Å²) >= 11 is 30.5. The first-order valence-electron chi connectivity index (χ1n) is 8.08. The van der Waals surface area contributed by atoms with Crippen LogP contribution in [0.25, 0.3) is 0 Å². The van der Waals surface area contributed by atoms with Gasteiger partial charge in [-0.15, -0.1) is 0 Å². The van der Waals surface area contributed by atoms with Crippen molar-refractivity contribution >= 4 is 104 Å². The Morgan fingerprint density at radius 2 is 0.378 bits per heavy atom. The standard InChI is InChI=1S/3C6H2Cl2O4.Mo/c3*7-1-3(9)5(11)2(8)6(12)4(1)10;/h3*9,12H;/p-6. The molecule has 0 amide bonds. The molecule has 0 N–H and O–H groups in total. The summed E-state index contributed by atoms with van der Waals surface area (Å²) in [5, 5.41) is 58.8. The van der Waals surface area contributed by atoms with Crippen LogP contribution < -0.4 is 30.6 Å². The van der Waals surface area contributed by atoms with Crippen molar-refractivity contribution < 1.29 is 80.5 Å². The van der Waals surface area contributed by atoms with Crippen LogP contribution in [0.2, 0.25) is 0 Å². The van der Waals surface area contributed by atoms with Crippen LogP contribution in [0.3, 0.4) is 0 Å². The molecule has 0 fully saturated rings. The van der Waals surface area contributed by atoms with Gasteiger partial charge in [0.1, 0.15) is 0 Å². The summed E-state index contributed by atoms with van der Waals surface area (Å²) in [7, 11) is 0. The van der Waals surface area contributed by atoms with E-state index in [-0.39, 0.29) is 21.1 Å². The average Bonchev–Trinajstić information content (AvgIpc) is 2.87. The molecule has 0 aromatic heterocycles. The summed E-state index contributed by atoms with van der Waals surface area (Å²) < 4.78 is 0. The van der Waals surface area contributed by atoms with E-state index in [0.29, 0.717) is 0 Å². The molecule has 0 bridgehead atoms. The van der Waals surface area contributed by atoms with Gasteiger partial charge < -0.3 is 30.6 Å². The van der Waals surface area contributed by atoms with Gasteiger partial charge in [-0.25, -0.2) is 0 Å². The molecule has 19 heteroatoms. The van der Waals surface area contributed by atoms with E-state index in [1.807, 2.05) is 0 Å². The minimum Gasteiger partial charge on any atom is -0.869 e. The third-order valence-electron chi connectivity index (χ3n) is 3.63. The predicted octanol–water partition coefficient (Wildman–Crippen LogP) is -3.72. The van der Waals surface area contributed by atoms with Crippen molar-refractivity contribution in [3.8, 4) is 0 Å². The Balaban J connectivity index is 0.000000518.